The van der Waals surface area contributed by atoms with Crippen molar-refractivity contribution in [3.8, 4) is 5.75 Å². The summed E-state index contributed by atoms with van der Waals surface area (Å²) in [6, 6.07) is 19.1. The number of rotatable bonds is 21. The number of aliphatic carboxylic acids is 1. The van der Waals surface area contributed by atoms with Gasteiger partial charge in [-0.3, -0.25) is 47.9 Å². The predicted molar refractivity (Wildman–Crippen MR) is 399 cm³/mol. The van der Waals surface area contributed by atoms with Crippen molar-refractivity contribution < 1.29 is 78.3 Å². The van der Waals surface area contributed by atoms with Gasteiger partial charge in [0.25, 0.3) is 0 Å². The average Bonchev–Trinajstić information content (AvgIpc) is 1.64. The maximum Gasteiger partial charge on any atom is 0.327 e. The lowest BCUT2D eigenvalue weighted by Gasteiger charge is -2.29. The first kappa shape index (κ1) is 83.3. The molecule has 2 heterocycles. The number of phenols is 1. The second-order valence-corrected chi connectivity index (χ2v) is 28.8. The lowest BCUT2D eigenvalue weighted by Crippen LogP contribution is -2.63. The number of H-pyrrole nitrogens is 1. The summed E-state index contributed by atoms with van der Waals surface area (Å²) in [4.78, 5) is 163. The number of aromatic hydroxyl groups is 1. The molecular formula is C74H96N14O16S2. The van der Waals surface area contributed by atoms with Gasteiger partial charge in [0.2, 0.25) is 59.1 Å². The number of unbranched alkanes of at least 4 members (excludes halogenated alkanes) is 1. The topological polar surface area (TPSA) is 489 Å². The first-order chi connectivity index (χ1) is 50.7. The number of phenolic OH excluding ortho intramolecular Hbond substituents is 1. The van der Waals surface area contributed by atoms with Crippen LogP contribution in [-0.4, -0.2) is 205 Å². The molecule has 1 saturated heterocycles. The molecule has 1 aliphatic rings. The van der Waals surface area contributed by atoms with Gasteiger partial charge in [0.1, 0.15) is 66.2 Å². The molecule has 21 N–H and O–H groups in total. The fourth-order valence-corrected chi connectivity index (χ4v) is 13.7. The molecule has 30 nitrogen and oxygen atoms in total. The molecule has 32 heteroatoms. The number of aliphatic hydroxyl groups is 3. The smallest absolute Gasteiger partial charge is 0.327 e. The minimum atomic E-state index is -1.95. The first-order valence-electron chi connectivity index (χ1n) is 34.9. The lowest BCUT2D eigenvalue weighted by molar-refractivity contribution is -0.142. The summed E-state index contributed by atoms with van der Waals surface area (Å²) in [7, 11) is 1.81. The quantitative estimate of drug-likeness (QED) is 0.0317. The van der Waals surface area contributed by atoms with Crippen molar-refractivity contribution in [1.82, 2.24) is 63.5 Å². The van der Waals surface area contributed by atoms with Gasteiger partial charge in [-0.15, -0.1) is 0 Å². The molecule has 13 unspecified atom stereocenters. The number of carboxylic acid groups (broad SMARTS) is 1. The van der Waals surface area contributed by atoms with Crippen molar-refractivity contribution in [2.24, 2.45) is 11.5 Å². The van der Waals surface area contributed by atoms with E-state index >= 15 is 19.2 Å². The van der Waals surface area contributed by atoms with E-state index in [0.717, 1.165) is 34.1 Å². The van der Waals surface area contributed by atoms with Gasteiger partial charge >= 0.3 is 5.97 Å². The highest BCUT2D eigenvalue weighted by atomic mass is 33.1. The molecule has 1 aliphatic heterocycles. The van der Waals surface area contributed by atoms with Crippen LogP contribution in [0, 0.1) is 0 Å². The first-order valence-corrected chi connectivity index (χ1v) is 37.3. The highest BCUT2D eigenvalue weighted by Gasteiger charge is 2.39. The minimum Gasteiger partial charge on any atom is -0.508 e. The van der Waals surface area contributed by atoms with E-state index in [1.807, 2.05) is 26.0 Å². The Hall–Kier alpha value is -9.93. The summed E-state index contributed by atoms with van der Waals surface area (Å²) in [6.45, 7) is 5.82. The van der Waals surface area contributed by atoms with E-state index in [4.69, 9.17) is 11.5 Å². The van der Waals surface area contributed by atoms with E-state index < -0.39 is 157 Å². The number of fused-ring (bicyclic) bond motifs is 1. The maximum atomic E-state index is 15.5. The molecule has 570 valence electrons. The van der Waals surface area contributed by atoms with Crippen molar-refractivity contribution in [2.45, 2.75) is 170 Å². The normalized spacial score (nSPS) is 23.7. The Kier molecular flexibility index (Phi) is 32.8. The SMILES string of the molecule is CC(C)NCc1ccc(CC2NC(=O)C(Cc3c[nH]c4ccccc34)NC(=O)C(Cc3ccccc3)NC(=O)C(Cc3ccccc3)NC(=O)C(CCCCN)NC(=O)C(N)CSSCC(C(=O)O)NC(=O)C(CO)NC(=O)C(C(C)O)NC(=O)C(Cc3ccc(O)cc3)NC(=O)C(C(C)O)NC2=O)cc1. The third-order valence-corrected chi connectivity index (χ3v) is 19.9. The molecule has 0 saturated carbocycles. The standard InChI is InChI=1S/C74H96N14O16S2/c1-41(2)77-36-48-24-22-46(23-25-48)33-57-69(98)87-62(42(3)90)72(101)84-58(34-47-26-28-50(92)29-27-47)70(99)88-63(43(4)91)73(102)85-60(38-89)71(100)86-61(74(103)104)40-106-105-39-52(76)64(93)79-54(21-13-14-30-75)65(94)80-55(31-44-15-7-5-8-16-44)66(95)81-56(32-45-17-9-6-10-18-45)67(96)83-59(68(97)82-57)35-49-37-78-53-20-12-11-19-51(49)53/h5-12,15-20,22-29,37,41-43,52,54-63,77-78,89-92H,13-14,21,30-36,38-40,75-76H2,1-4H3,(H,79,93)(H,80,94)(H,81,95)(H,82,97)(H,83,96)(H,84,101)(H,85,102)(H,86,100)(H,87,98)(H,88,99)(H,103,104). The number of amides is 10. The second-order valence-electron chi connectivity index (χ2n) is 26.3. The molecular weight excluding hydrogens is 1410 g/mol. The largest absolute Gasteiger partial charge is 0.508 e. The van der Waals surface area contributed by atoms with Gasteiger partial charge in [0, 0.05) is 73.3 Å². The summed E-state index contributed by atoms with van der Waals surface area (Å²) < 4.78 is 0. The maximum absolute atomic E-state index is 15.5. The molecule has 10 amide bonds. The van der Waals surface area contributed by atoms with E-state index in [0.29, 0.717) is 58.1 Å². The summed E-state index contributed by atoms with van der Waals surface area (Å²) in [6.07, 6.45) is -2.28. The number of hydrogen-bond donors (Lipinski definition) is 19. The fraction of sp³-hybridized carbons (Fsp3) is 0.419. The average molecular weight is 1500 g/mol. The summed E-state index contributed by atoms with van der Waals surface area (Å²) >= 11 is 0. The molecule has 0 spiro atoms. The molecule has 0 radical (unpaired) electrons. The van der Waals surface area contributed by atoms with Crippen molar-refractivity contribution >= 4 is 97.5 Å². The van der Waals surface area contributed by atoms with E-state index in [9.17, 15) is 59.1 Å². The molecule has 6 aromatic rings. The van der Waals surface area contributed by atoms with Crippen molar-refractivity contribution in [2.75, 3.05) is 24.7 Å². The van der Waals surface area contributed by atoms with Crippen LogP contribution in [0.3, 0.4) is 0 Å². The second kappa shape index (κ2) is 41.7. The number of aliphatic hydroxyl groups excluding tert-OH is 3. The van der Waals surface area contributed by atoms with Gasteiger partial charge in [0.15, 0.2) is 0 Å². The van der Waals surface area contributed by atoms with E-state index in [1.165, 1.54) is 31.2 Å². The highest BCUT2D eigenvalue weighted by Crippen LogP contribution is 2.24. The fourth-order valence-electron chi connectivity index (χ4n) is 11.4. The molecule has 1 fully saturated rings. The zero-order valence-corrected chi connectivity index (χ0v) is 60.9. The van der Waals surface area contributed by atoms with E-state index in [1.54, 1.807) is 103 Å². The predicted octanol–water partition coefficient (Wildman–Crippen LogP) is -0.577. The number of para-hydroxylation sites is 1. The third kappa shape index (κ3) is 26.0. The van der Waals surface area contributed by atoms with Crippen molar-refractivity contribution in [3.05, 3.63) is 173 Å². The van der Waals surface area contributed by atoms with Crippen LogP contribution in [-0.2, 0) is 91.4 Å². The van der Waals surface area contributed by atoms with Gasteiger partial charge in [-0.1, -0.05) is 151 Å². The number of carboxylic acids is 1. The summed E-state index contributed by atoms with van der Waals surface area (Å²) in [5, 5.41) is 83.0. The van der Waals surface area contributed by atoms with Crippen LogP contribution in [0.4, 0.5) is 0 Å². The number of carbonyl (C=O) groups is 11. The van der Waals surface area contributed by atoms with Crippen LogP contribution in [0.5, 0.6) is 5.75 Å². The van der Waals surface area contributed by atoms with Gasteiger partial charge in [-0.2, -0.15) is 0 Å². The third-order valence-electron chi connectivity index (χ3n) is 17.4. The number of nitrogens with two attached hydrogens (primary N) is 2. The number of carbonyl (C=O) groups excluding carboxylic acids is 10. The van der Waals surface area contributed by atoms with E-state index in [-0.39, 0.29) is 61.9 Å². The summed E-state index contributed by atoms with van der Waals surface area (Å²) in [5.74, 6) is -12.4. The summed E-state index contributed by atoms with van der Waals surface area (Å²) in [5.41, 5.74) is 16.3. The Morgan fingerprint density at radius 2 is 0.868 bits per heavy atom. The Labute approximate surface area is 621 Å². The van der Waals surface area contributed by atoms with Crippen LogP contribution in [0.25, 0.3) is 10.9 Å². The number of hydrogen-bond acceptors (Lipinski definition) is 20. The Bertz CT molecular complexity index is 3930. The number of aromatic amines is 1. The molecule has 13 atom stereocenters. The van der Waals surface area contributed by atoms with Crippen molar-refractivity contribution in [1.29, 1.82) is 0 Å². The van der Waals surface area contributed by atoms with Crippen molar-refractivity contribution in [3.63, 3.8) is 0 Å². The van der Waals surface area contributed by atoms with Crippen LogP contribution in [0.2, 0.25) is 0 Å². The van der Waals surface area contributed by atoms with Gasteiger partial charge in [-0.05, 0) is 91.2 Å². The zero-order valence-electron chi connectivity index (χ0n) is 59.3. The van der Waals surface area contributed by atoms with Crippen LogP contribution in [0.15, 0.2) is 140 Å². The monoisotopic (exact) mass is 1500 g/mol. The number of nitrogens with one attached hydrogen (secondary N) is 12. The minimum absolute atomic E-state index is 0.0234. The highest BCUT2D eigenvalue weighted by molar-refractivity contribution is 8.76. The number of aromatic nitrogens is 1. The Morgan fingerprint density at radius 1 is 0.472 bits per heavy atom. The molecule has 106 heavy (non-hydrogen) atoms. The molecule has 7 rings (SSSR count). The van der Waals surface area contributed by atoms with E-state index in [2.05, 4.69) is 63.5 Å². The van der Waals surface area contributed by atoms with Gasteiger partial charge < -0.3 is 100 Å². The van der Waals surface area contributed by atoms with Crippen LogP contribution in [0.1, 0.15) is 80.3 Å². The molecule has 5 aromatic carbocycles. The molecule has 1 aromatic heterocycles. The Balaban J connectivity index is 1.32. The van der Waals surface area contributed by atoms with Crippen LogP contribution < -0.4 is 70.0 Å². The lowest BCUT2D eigenvalue weighted by atomic mass is 9.99. The van der Waals surface area contributed by atoms with Gasteiger partial charge in [0.05, 0.1) is 24.9 Å². The number of benzene rings is 5. The molecule has 0 aliphatic carbocycles. The zero-order chi connectivity index (χ0) is 77.0. The van der Waals surface area contributed by atoms with Gasteiger partial charge in [-0.25, -0.2) is 4.79 Å². The molecule has 0 bridgehead atoms. The Morgan fingerprint density at radius 3 is 1.34 bits per heavy atom. The van der Waals surface area contributed by atoms with Crippen LogP contribution >= 0.6 is 21.6 Å².